The number of hydrogen-bond donors (Lipinski definition) is 1. The maximum absolute atomic E-state index is 12.4. The van der Waals surface area contributed by atoms with Gasteiger partial charge in [0, 0.05) is 25.0 Å². The molecule has 6 heteroatoms. The number of anilines is 1. The molecular formula is C16H24N2O3S. The lowest BCUT2D eigenvalue weighted by Gasteiger charge is -2.19. The molecule has 0 aromatic heterocycles. The molecule has 122 valence electrons. The van der Waals surface area contributed by atoms with Gasteiger partial charge in [0.05, 0.1) is 5.25 Å². The molecule has 0 bridgehead atoms. The second-order valence-corrected chi connectivity index (χ2v) is 8.09. The first-order chi connectivity index (χ1) is 10.4. The van der Waals surface area contributed by atoms with Gasteiger partial charge in [0.25, 0.3) is 0 Å². The average molecular weight is 324 g/mol. The highest BCUT2D eigenvalue weighted by molar-refractivity contribution is 7.91. The molecule has 0 radical (unpaired) electrons. The number of benzene rings is 1. The van der Waals surface area contributed by atoms with Crippen LogP contribution in [0.2, 0.25) is 0 Å². The van der Waals surface area contributed by atoms with Gasteiger partial charge in [-0.2, -0.15) is 0 Å². The van der Waals surface area contributed by atoms with Crippen molar-refractivity contribution in [2.24, 2.45) is 0 Å². The summed E-state index contributed by atoms with van der Waals surface area (Å²) in [5, 5.41) is 2.50. The second-order valence-electron chi connectivity index (χ2n) is 5.77. The highest BCUT2D eigenvalue weighted by Gasteiger charge is 2.32. The number of carbonyl (C=O) groups is 1. The molecule has 1 heterocycles. The number of rotatable bonds is 4. The Morgan fingerprint density at radius 1 is 1.32 bits per heavy atom. The van der Waals surface area contributed by atoms with Crippen LogP contribution in [0.1, 0.15) is 31.4 Å². The van der Waals surface area contributed by atoms with E-state index in [-0.39, 0.29) is 12.6 Å². The molecule has 1 aromatic carbocycles. The number of carbonyl (C=O) groups excluding carboxylic acids is 1. The standard InChI is InChI=1S/C16H24N2O3S/c1-4-12-7-6-8-15(14(12)5-2)17-16(19)18-10-9-13(11-18)22(3,20)21/h6-8,13H,4-5,9-11H2,1-3H3,(H,17,19)/t13-/m0/s1. The van der Waals surface area contributed by atoms with Crippen LogP contribution < -0.4 is 5.32 Å². The first-order valence-corrected chi connectivity index (χ1v) is 9.67. The number of urea groups is 1. The number of nitrogens with one attached hydrogen (secondary N) is 1. The lowest BCUT2D eigenvalue weighted by molar-refractivity contribution is 0.222. The minimum absolute atomic E-state index is 0.214. The fourth-order valence-electron chi connectivity index (χ4n) is 2.96. The highest BCUT2D eigenvalue weighted by atomic mass is 32.2. The Hall–Kier alpha value is -1.56. The number of likely N-dealkylation sites (tertiary alicyclic amines) is 1. The fraction of sp³-hybridized carbons (Fsp3) is 0.562. The number of sulfone groups is 1. The third-order valence-corrected chi connectivity index (χ3v) is 5.88. The van der Waals surface area contributed by atoms with E-state index in [9.17, 15) is 13.2 Å². The van der Waals surface area contributed by atoms with Gasteiger partial charge in [-0.3, -0.25) is 0 Å². The first kappa shape index (κ1) is 16.8. The van der Waals surface area contributed by atoms with Gasteiger partial charge >= 0.3 is 6.03 Å². The van der Waals surface area contributed by atoms with Crippen molar-refractivity contribution in [2.75, 3.05) is 24.7 Å². The van der Waals surface area contributed by atoms with Crippen molar-refractivity contribution in [3.63, 3.8) is 0 Å². The molecule has 1 N–H and O–H groups in total. The molecule has 1 aliphatic heterocycles. The van der Waals surface area contributed by atoms with E-state index in [2.05, 4.69) is 25.2 Å². The summed E-state index contributed by atoms with van der Waals surface area (Å²) < 4.78 is 23.2. The molecule has 0 aliphatic carbocycles. The first-order valence-electron chi connectivity index (χ1n) is 7.72. The summed E-state index contributed by atoms with van der Waals surface area (Å²) in [6, 6.07) is 5.70. The van der Waals surface area contributed by atoms with Gasteiger partial charge in [0.1, 0.15) is 0 Å². The molecular weight excluding hydrogens is 300 g/mol. The maximum atomic E-state index is 12.4. The minimum Gasteiger partial charge on any atom is -0.323 e. The number of hydrogen-bond acceptors (Lipinski definition) is 3. The summed E-state index contributed by atoms with van der Waals surface area (Å²) in [4.78, 5) is 14.0. The van der Waals surface area contributed by atoms with E-state index in [4.69, 9.17) is 0 Å². The van der Waals surface area contributed by atoms with E-state index < -0.39 is 15.1 Å². The molecule has 1 atom stereocenters. The second kappa shape index (κ2) is 6.69. The number of nitrogens with zero attached hydrogens (tertiary/aromatic N) is 1. The summed E-state index contributed by atoms with van der Waals surface area (Å²) in [5.74, 6) is 0. The lowest BCUT2D eigenvalue weighted by atomic mass is 10.0. The Morgan fingerprint density at radius 3 is 2.59 bits per heavy atom. The molecule has 0 saturated carbocycles. The van der Waals surface area contributed by atoms with Gasteiger partial charge in [-0.05, 0) is 36.5 Å². The van der Waals surface area contributed by atoms with E-state index in [1.165, 1.54) is 11.8 Å². The molecule has 2 rings (SSSR count). The Labute approximate surface area is 132 Å². The number of amides is 2. The van der Waals surface area contributed by atoms with Gasteiger partial charge in [0.2, 0.25) is 0 Å². The van der Waals surface area contributed by atoms with E-state index >= 15 is 0 Å². The van der Waals surface area contributed by atoms with Crippen LogP contribution in [0.3, 0.4) is 0 Å². The van der Waals surface area contributed by atoms with Gasteiger partial charge in [-0.1, -0.05) is 26.0 Å². The largest absolute Gasteiger partial charge is 0.323 e. The van der Waals surface area contributed by atoms with Crippen molar-refractivity contribution in [3.05, 3.63) is 29.3 Å². The van der Waals surface area contributed by atoms with Gasteiger partial charge in [-0.25, -0.2) is 13.2 Å². The molecule has 1 aliphatic rings. The zero-order chi connectivity index (χ0) is 16.3. The normalized spacial score (nSPS) is 18.5. The Balaban J connectivity index is 2.11. The van der Waals surface area contributed by atoms with Crippen molar-refractivity contribution in [1.29, 1.82) is 0 Å². The van der Waals surface area contributed by atoms with Crippen molar-refractivity contribution >= 4 is 21.6 Å². The van der Waals surface area contributed by atoms with E-state index in [0.717, 1.165) is 24.1 Å². The van der Waals surface area contributed by atoms with E-state index in [1.807, 2.05) is 12.1 Å². The predicted octanol–water partition coefficient (Wildman–Crippen LogP) is 2.46. The van der Waals surface area contributed by atoms with Crippen LogP contribution in [0.4, 0.5) is 10.5 Å². The van der Waals surface area contributed by atoms with Crippen LogP contribution in [0.25, 0.3) is 0 Å². The molecule has 1 aromatic rings. The third-order valence-electron chi connectivity index (χ3n) is 4.29. The fourth-order valence-corrected chi connectivity index (χ4v) is 3.94. The van der Waals surface area contributed by atoms with Gasteiger partial charge < -0.3 is 10.2 Å². The molecule has 1 saturated heterocycles. The Morgan fingerprint density at radius 2 is 2.05 bits per heavy atom. The minimum atomic E-state index is -3.09. The molecule has 0 spiro atoms. The smallest absolute Gasteiger partial charge is 0.321 e. The highest BCUT2D eigenvalue weighted by Crippen LogP contribution is 2.23. The van der Waals surface area contributed by atoms with Crippen LogP contribution in [-0.2, 0) is 22.7 Å². The summed E-state index contributed by atoms with van der Waals surface area (Å²) >= 11 is 0. The summed E-state index contributed by atoms with van der Waals surface area (Å²) in [6.45, 7) is 4.93. The van der Waals surface area contributed by atoms with Crippen LogP contribution in [0.5, 0.6) is 0 Å². The van der Waals surface area contributed by atoms with Crippen LogP contribution in [0.15, 0.2) is 18.2 Å². The molecule has 22 heavy (non-hydrogen) atoms. The quantitative estimate of drug-likeness (QED) is 0.925. The summed E-state index contributed by atoms with van der Waals surface area (Å²) in [5.41, 5.74) is 3.21. The zero-order valence-electron chi connectivity index (χ0n) is 13.4. The summed E-state index contributed by atoms with van der Waals surface area (Å²) in [7, 11) is -3.09. The van der Waals surface area contributed by atoms with Crippen molar-refractivity contribution in [3.8, 4) is 0 Å². The van der Waals surface area contributed by atoms with Gasteiger partial charge in [-0.15, -0.1) is 0 Å². The monoisotopic (exact) mass is 324 g/mol. The number of aryl methyl sites for hydroxylation is 1. The molecule has 0 unspecified atom stereocenters. The van der Waals surface area contributed by atoms with E-state index in [1.54, 1.807) is 4.90 Å². The lowest BCUT2D eigenvalue weighted by Crippen LogP contribution is -2.35. The SMILES string of the molecule is CCc1cccc(NC(=O)N2CC[C@H](S(C)(=O)=O)C2)c1CC. The topological polar surface area (TPSA) is 66.5 Å². The Bertz CT molecular complexity index is 655. The molecule has 5 nitrogen and oxygen atoms in total. The Kier molecular flexibility index (Phi) is 5.11. The summed E-state index contributed by atoms with van der Waals surface area (Å²) in [6.07, 6.45) is 3.53. The van der Waals surface area contributed by atoms with Crippen molar-refractivity contribution < 1.29 is 13.2 Å². The van der Waals surface area contributed by atoms with Crippen LogP contribution in [0, 0.1) is 0 Å². The molecule has 2 amide bonds. The van der Waals surface area contributed by atoms with Crippen LogP contribution in [-0.4, -0.2) is 43.9 Å². The van der Waals surface area contributed by atoms with Crippen molar-refractivity contribution in [2.45, 2.75) is 38.4 Å². The van der Waals surface area contributed by atoms with Crippen molar-refractivity contribution in [1.82, 2.24) is 4.90 Å². The predicted molar refractivity (Wildman–Crippen MR) is 89.0 cm³/mol. The zero-order valence-corrected chi connectivity index (χ0v) is 14.2. The van der Waals surface area contributed by atoms with Crippen LogP contribution >= 0.6 is 0 Å². The van der Waals surface area contributed by atoms with Gasteiger partial charge in [0.15, 0.2) is 9.84 Å². The molecule has 1 fully saturated rings. The van der Waals surface area contributed by atoms with E-state index in [0.29, 0.717) is 13.0 Å². The third kappa shape index (κ3) is 3.61. The maximum Gasteiger partial charge on any atom is 0.321 e. The average Bonchev–Trinajstić information content (AvgIpc) is 2.96.